The van der Waals surface area contributed by atoms with Gasteiger partial charge < -0.3 is 9.88 Å². The fourth-order valence-corrected chi connectivity index (χ4v) is 3.56. The molecule has 1 amide bonds. The van der Waals surface area contributed by atoms with E-state index in [1.54, 1.807) is 57.2 Å². The van der Waals surface area contributed by atoms with Crippen LogP contribution in [0.1, 0.15) is 35.9 Å². The molecule has 2 aromatic heterocycles. The molecule has 0 aliphatic heterocycles. The molecule has 0 atom stereocenters. The third-order valence-corrected chi connectivity index (χ3v) is 5.26. The van der Waals surface area contributed by atoms with Gasteiger partial charge in [-0.2, -0.15) is 5.10 Å². The van der Waals surface area contributed by atoms with Gasteiger partial charge in [-0.15, -0.1) is 0 Å². The summed E-state index contributed by atoms with van der Waals surface area (Å²) in [5.74, 6) is -0.896. The van der Waals surface area contributed by atoms with Crippen molar-refractivity contribution in [3.05, 3.63) is 98.2 Å². The molecule has 168 valence electrons. The number of rotatable bonds is 5. The Morgan fingerprint density at radius 3 is 2.55 bits per heavy atom. The molecule has 0 bridgehead atoms. The van der Waals surface area contributed by atoms with Crippen LogP contribution in [0.15, 0.2) is 64.2 Å². The largest absolute Gasteiger partial charge is 0.327 e. The maximum atomic E-state index is 14.4. The molecule has 0 radical (unpaired) electrons. The second kappa shape index (κ2) is 8.78. The molecule has 0 saturated heterocycles. The smallest absolute Gasteiger partial charge is 0.279 e. The molecular formula is C24H22FN5O3. The second-order valence-electron chi connectivity index (χ2n) is 7.92. The number of nitrogens with zero attached hydrogens (tertiary/aromatic N) is 4. The molecule has 9 heteroatoms. The molecular weight excluding hydrogens is 425 g/mol. The zero-order valence-corrected chi connectivity index (χ0v) is 18.4. The van der Waals surface area contributed by atoms with E-state index in [0.717, 1.165) is 0 Å². The second-order valence-corrected chi connectivity index (χ2v) is 7.92. The van der Waals surface area contributed by atoms with E-state index in [1.165, 1.54) is 27.8 Å². The third-order valence-electron chi connectivity index (χ3n) is 5.26. The van der Waals surface area contributed by atoms with Crippen LogP contribution < -0.4 is 11.0 Å². The number of amides is 1. The first kappa shape index (κ1) is 22.1. The molecule has 0 aliphatic carbocycles. The van der Waals surface area contributed by atoms with E-state index in [9.17, 15) is 18.8 Å². The van der Waals surface area contributed by atoms with E-state index < -0.39 is 17.2 Å². The molecule has 0 unspecified atom stereocenters. The van der Waals surface area contributed by atoms with Gasteiger partial charge in [0.15, 0.2) is 5.69 Å². The number of H-pyrrole nitrogens is 1. The average molecular weight is 447 g/mol. The van der Waals surface area contributed by atoms with Gasteiger partial charge >= 0.3 is 0 Å². The standard InChI is InChI=1S/C24H22FN5O3/c1-14(2)29(13-21-26-18-10-6-4-8-16(18)23(32)27-21)24(33)22-20(31)12-15(3)30(28-22)19-11-7-5-9-17(19)25/h4-12,14H,13H2,1-3H3,(H,26,27,32). The predicted octanol–water partition coefficient (Wildman–Crippen LogP) is 2.97. The van der Waals surface area contributed by atoms with E-state index in [0.29, 0.717) is 16.6 Å². The number of nitrogens with one attached hydrogen (secondary N) is 1. The molecule has 0 aliphatic rings. The Kier molecular flexibility index (Phi) is 5.87. The number of para-hydroxylation sites is 2. The predicted molar refractivity (Wildman–Crippen MR) is 122 cm³/mol. The SMILES string of the molecule is Cc1cc(=O)c(C(=O)N(Cc2nc3ccccc3c(=O)[nH]2)C(C)C)nn1-c1ccccc1F. The van der Waals surface area contributed by atoms with Crippen LogP contribution in [-0.2, 0) is 6.54 Å². The van der Waals surface area contributed by atoms with Crippen LogP contribution in [0.3, 0.4) is 0 Å². The van der Waals surface area contributed by atoms with E-state index in [-0.39, 0.29) is 35.4 Å². The molecule has 1 N–H and O–H groups in total. The fourth-order valence-electron chi connectivity index (χ4n) is 3.56. The van der Waals surface area contributed by atoms with Gasteiger partial charge in [-0.25, -0.2) is 14.1 Å². The lowest BCUT2D eigenvalue weighted by atomic mass is 10.2. The number of halogens is 1. The molecule has 2 heterocycles. The number of carbonyl (C=O) groups excluding carboxylic acids is 1. The lowest BCUT2D eigenvalue weighted by molar-refractivity contribution is 0.0675. The highest BCUT2D eigenvalue weighted by molar-refractivity contribution is 5.92. The van der Waals surface area contributed by atoms with Crippen molar-refractivity contribution in [3.63, 3.8) is 0 Å². The molecule has 0 fully saturated rings. The Hall–Kier alpha value is -4.14. The maximum Gasteiger partial charge on any atom is 0.279 e. The van der Waals surface area contributed by atoms with Crippen LogP contribution in [0.5, 0.6) is 0 Å². The van der Waals surface area contributed by atoms with Crippen molar-refractivity contribution in [1.29, 1.82) is 0 Å². The number of fused-ring (bicyclic) bond motifs is 1. The summed E-state index contributed by atoms with van der Waals surface area (Å²) in [7, 11) is 0. The van der Waals surface area contributed by atoms with Crippen molar-refractivity contribution >= 4 is 16.8 Å². The van der Waals surface area contributed by atoms with Gasteiger partial charge in [0.1, 0.15) is 17.3 Å². The Bertz CT molecular complexity index is 1480. The van der Waals surface area contributed by atoms with Crippen molar-refractivity contribution in [2.24, 2.45) is 0 Å². The maximum absolute atomic E-state index is 14.4. The topological polar surface area (TPSA) is 101 Å². The molecule has 4 aromatic rings. The van der Waals surface area contributed by atoms with Gasteiger partial charge in [0.05, 0.1) is 17.4 Å². The summed E-state index contributed by atoms with van der Waals surface area (Å²) in [6, 6.07) is 13.8. The van der Waals surface area contributed by atoms with Crippen molar-refractivity contribution < 1.29 is 9.18 Å². The van der Waals surface area contributed by atoms with Gasteiger partial charge in [-0.05, 0) is 45.0 Å². The van der Waals surface area contributed by atoms with Crippen LogP contribution in [0.4, 0.5) is 4.39 Å². The molecule has 8 nitrogen and oxygen atoms in total. The van der Waals surface area contributed by atoms with Crippen LogP contribution in [0.25, 0.3) is 16.6 Å². The van der Waals surface area contributed by atoms with Crippen molar-refractivity contribution in [2.75, 3.05) is 0 Å². The highest BCUT2D eigenvalue weighted by Gasteiger charge is 2.25. The summed E-state index contributed by atoms with van der Waals surface area (Å²) < 4.78 is 15.6. The lowest BCUT2D eigenvalue weighted by Gasteiger charge is -2.26. The summed E-state index contributed by atoms with van der Waals surface area (Å²) in [6.45, 7) is 5.13. The minimum absolute atomic E-state index is 0.0364. The van der Waals surface area contributed by atoms with Crippen LogP contribution in [-0.4, -0.2) is 36.6 Å². The molecule has 0 spiro atoms. The number of hydrogen-bond donors (Lipinski definition) is 1. The number of hydrogen-bond acceptors (Lipinski definition) is 5. The van der Waals surface area contributed by atoms with Crippen LogP contribution >= 0.6 is 0 Å². The number of aryl methyl sites for hydroxylation is 1. The molecule has 2 aromatic carbocycles. The third kappa shape index (κ3) is 4.30. The number of carbonyl (C=O) groups is 1. The summed E-state index contributed by atoms with van der Waals surface area (Å²) in [4.78, 5) is 47.0. The van der Waals surface area contributed by atoms with E-state index in [2.05, 4.69) is 15.1 Å². The minimum atomic E-state index is -0.643. The van der Waals surface area contributed by atoms with Crippen molar-refractivity contribution in [2.45, 2.75) is 33.4 Å². The first-order valence-corrected chi connectivity index (χ1v) is 10.4. The normalized spacial score (nSPS) is 11.2. The molecule has 0 saturated carbocycles. The highest BCUT2D eigenvalue weighted by atomic mass is 19.1. The number of aromatic amines is 1. The van der Waals surface area contributed by atoms with E-state index >= 15 is 0 Å². The first-order valence-electron chi connectivity index (χ1n) is 10.4. The van der Waals surface area contributed by atoms with Crippen molar-refractivity contribution in [1.82, 2.24) is 24.6 Å². The van der Waals surface area contributed by atoms with E-state index in [1.807, 2.05) is 0 Å². The Labute approximate surface area is 188 Å². The zero-order chi connectivity index (χ0) is 23.7. The van der Waals surface area contributed by atoms with Gasteiger partial charge in [0.25, 0.3) is 11.5 Å². The van der Waals surface area contributed by atoms with Gasteiger partial charge in [-0.3, -0.25) is 14.4 Å². The Balaban J connectivity index is 1.75. The zero-order valence-electron chi connectivity index (χ0n) is 18.4. The Morgan fingerprint density at radius 2 is 1.82 bits per heavy atom. The van der Waals surface area contributed by atoms with E-state index in [4.69, 9.17) is 0 Å². The fraction of sp³-hybridized carbons (Fsp3) is 0.208. The van der Waals surface area contributed by atoms with Crippen molar-refractivity contribution in [3.8, 4) is 5.69 Å². The summed E-state index contributed by atoms with van der Waals surface area (Å²) >= 11 is 0. The van der Waals surface area contributed by atoms with Crippen LogP contribution in [0.2, 0.25) is 0 Å². The highest BCUT2D eigenvalue weighted by Crippen LogP contribution is 2.15. The quantitative estimate of drug-likeness (QED) is 0.507. The van der Waals surface area contributed by atoms with Crippen LogP contribution in [0, 0.1) is 12.7 Å². The molecule has 33 heavy (non-hydrogen) atoms. The summed E-state index contributed by atoms with van der Waals surface area (Å²) in [5, 5.41) is 4.64. The summed E-state index contributed by atoms with van der Waals surface area (Å²) in [5.41, 5.74) is -0.222. The Morgan fingerprint density at radius 1 is 1.12 bits per heavy atom. The molecule has 4 rings (SSSR count). The van der Waals surface area contributed by atoms with Gasteiger partial charge in [0, 0.05) is 17.8 Å². The first-order chi connectivity index (χ1) is 15.8. The average Bonchev–Trinajstić information content (AvgIpc) is 2.78. The lowest BCUT2D eigenvalue weighted by Crippen LogP contribution is -2.41. The monoisotopic (exact) mass is 447 g/mol. The van der Waals surface area contributed by atoms with Gasteiger partial charge in [0.2, 0.25) is 5.43 Å². The minimum Gasteiger partial charge on any atom is -0.327 e. The van der Waals surface area contributed by atoms with Gasteiger partial charge in [-0.1, -0.05) is 24.3 Å². The number of benzene rings is 2. The number of aromatic nitrogens is 4. The summed E-state index contributed by atoms with van der Waals surface area (Å²) in [6.07, 6.45) is 0.